The van der Waals surface area contributed by atoms with Crippen LogP contribution in [0.2, 0.25) is 0 Å². The summed E-state index contributed by atoms with van der Waals surface area (Å²) in [5.74, 6) is -3.92. The number of halogens is 3. The van der Waals surface area contributed by atoms with Crippen molar-refractivity contribution in [2.24, 2.45) is 0 Å². The molecule has 1 aliphatic carbocycles. The van der Waals surface area contributed by atoms with E-state index < -0.39 is 35.6 Å². The third-order valence-electron chi connectivity index (χ3n) is 6.11. The quantitative estimate of drug-likeness (QED) is 0.301. The summed E-state index contributed by atoms with van der Waals surface area (Å²) in [6.07, 6.45) is -1.69. The van der Waals surface area contributed by atoms with Crippen molar-refractivity contribution >= 4 is 23.8 Å². The van der Waals surface area contributed by atoms with Gasteiger partial charge < -0.3 is 20.6 Å². The third-order valence-corrected chi connectivity index (χ3v) is 6.11. The van der Waals surface area contributed by atoms with Gasteiger partial charge in [-0.2, -0.15) is 13.2 Å². The molecule has 1 heterocycles. The molecule has 0 bridgehead atoms. The maximum atomic E-state index is 13.3. The van der Waals surface area contributed by atoms with Crippen LogP contribution in [0.3, 0.4) is 0 Å². The summed E-state index contributed by atoms with van der Waals surface area (Å²) in [4.78, 5) is 53.1. The van der Waals surface area contributed by atoms with Crippen LogP contribution < -0.4 is 5.32 Å². The lowest BCUT2D eigenvalue weighted by molar-refractivity contribution is -0.140. The topological polar surface area (TPSA) is 154 Å². The molecule has 0 aromatic carbocycles. The summed E-state index contributed by atoms with van der Waals surface area (Å²) >= 11 is 0. The lowest BCUT2D eigenvalue weighted by Gasteiger charge is -2.33. The number of nitrogens with one attached hydrogen (secondary N) is 1. The molecule has 2 aliphatic rings. The number of aliphatic carboxylic acids is 3. The number of hydrogen-bond donors (Lipinski definition) is 4. The number of rotatable bonds is 9. The number of carbonyl (C=O) groups excluding carboxylic acids is 1. The summed E-state index contributed by atoms with van der Waals surface area (Å²) in [6.45, 7) is 0.402. The van der Waals surface area contributed by atoms with Crippen LogP contribution in [0.15, 0.2) is 23.4 Å². The van der Waals surface area contributed by atoms with E-state index in [1.165, 1.54) is 6.08 Å². The molecule has 0 radical (unpaired) electrons. The zero-order valence-electron chi connectivity index (χ0n) is 21.0. The summed E-state index contributed by atoms with van der Waals surface area (Å²) in [5, 5.41) is 30.1. The van der Waals surface area contributed by atoms with Crippen LogP contribution in [0.4, 0.5) is 13.2 Å². The standard InChI is InChI=1S/C23H34F3N5O7/c24-23(25,26)17-3-1-2-4-18(17)27-19(32)13-28-5-7-29(14-20(33)34)9-11-31(16-22(37)38)12-10-30(8-6-28)15-21(35)36/h3-4H,1-2,5-16H2,(H,27,32)(H,33,34)(H,35,36)(H,37,38). The van der Waals surface area contributed by atoms with Gasteiger partial charge in [0.1, 0.15) is 0 Å². The van der Waals surface area contributed by atoms with Gasteiger partial charge in [-0.3, -0.25) is 38.8 Å². The summed E-state index contributed by atoms with van der Waals surface area (Å²) in [7, 11) is 0. The number of alkyl halides is 3. The van der Waals surface area contributed by atoms with Crippen molar-refractivity contribution in [1.82, 2.24) is 24.9 Å². The second-order valence-electron chi connectivity index (χ2n) is 9.14. The lowest BCUT2D eigenvalue weighted by atomic mass is 10.0. The van der Waals surface area contributed by atoms with Crippen LogP contribution in [0.25, 0.3) is 0 Å². The first-order chi connectivity index (χ1) is 17.8. The van der Waals surface area contributed by atoms with Crippen molar-refractivity contribution < 1.29 is 47.7 Å². The highest BCUT2D eigenvalue weighted by Gasteiger charge is 2.37. The van der Waals surface area contributed by atoms with Gasteiger partial charge >= 0.3 is 24.1 Å². The highest BCUT2D eigenvalue weighted by Crippen LogP contribution is 2.33. The zero-order valence-corrected chi connectivity index (χ0v) is 21.0. The molecular formula is C23H34F3N5O7. The molecule has 2 rings (SSSR count). The summed E-state index contributed by atoms with van der Waals surface area (Å²) in [6, 6.07) is 0. The van der Waals surface area contributed by atoms with Crippen LogP contribution in [0.5, 0.6) is 0 Å². The Morgan fingerprint density at radius 3 is 1.34 bits per heavy atom. The fourth-order valence-corrected chi connectivity index (χ4v) is 4.24. The molecule has 0 atom stereocenters. The summed E-state index contributed by atoms with van der Waals surface area (Å²) in [5.41, 5.74) is -1.21. The molecule has 1 fully saturated rings. The Morgan fingerprint density at radius 1 is 0.658 bits per heavy atom. The van der Waals surface area contributed by atoms with Gasteiger partial charge in [-0.05, 0) is 12.8 Å². The van der Waals surface area contributed by atoms with Crippen molar-refractivity contribution in [1.29, 1.82) is 0 Å². The zero-order chi connectivity index (χ0) is 28.3. The number of amides is 1. The Bertz CT molecular complexity index is 894. The van der Waals surface area contributed by atoms with Gasteiger partial charge in [-0.1, -0.05) is 12.2 Å². The largest absolute Gasteiger partial charge is 0.480 e. The van der Waals surface area contributed by atoms with Crippen LogP contribution in [-0.4, -0.2) is 143 Å². The van der Waals surface area contributed by atoms with Crippen LogP contribution in [-0.2, 0) is 19.2 Å². The van der Waals surface area contributed by atoms with Crippen molar-refractivity contribution in [3.8, 4) is 0 Å². The number of carbonyl (C=O) groups is 4. The lowest BCUT2D eigenvalue weighted by Crippen LogP contribution is -2.49. The van der Waals surface area contributed by atoms with E-state index in [-0.39, 0.29) is 90.7 Å². The van der Waals surface area contributed by atoms with E-state index in [0.717, 1.165) is 6.08 Å². The molecule has 0 unspecified atom stereocenters. The number of allylic oxidation sites excluding steroid dienone is 3. The average molecular weight is 550 g/mol. The minimum absolute atomic E-state index is 0.182. The SMILES string of the molecule is O=C(O)CN1CCN(CC(=O)O)CCN(CC(=O)NC2=CCCC=C2C(F)(F)F)CCN(CC(=O)O)CC1. The molecule has 38 heavy (non-hydrogen) atoms. The second kappa shape index (κ2) is 14.8. The van der Waals surface area contributed by atoms with E-state index in [1.54, 1.807) is 19.6 Å². The van der Waals surface area contributed by atoms with E-state index in [4.69, 9.17) is 0 Å². The molecule has 1 saturated heterocycles. The van der Waals surface area contributed by atoms with E-state index >= 15 is 0 Å². The van der Waals surface area contributed by atoms with E-state index in [9.17, 15) is 47.7 Å². The maximum Gasteiger partial charge on any atom is 0.418 e. The Labute approximate surface area is 217 Å². The molecule has 12 nitrogen and oxygen atoms in total. The predicted molar refractivity (Wildman–Crippen MR) is 128 cm³/mol. The minimum atomic E-state index is -4.61. The van der Waals surface area contributed by atoms with Crippen LogP contribution in [0.1, 0.15) is 12.8 Å². The first kappa shape index (κ1) is 31.2. The average Bonchev–Trinajstić information content (AvgIpc) is 2.79. The van der Waals surface area contributed by atoms with Gasteiger partial charge in [-0.15, -0.1) is 0 Å². The number of nitrogens with zero attached hydrogens (tertiary/aromatic N) is 4. The highest BCUT2D eigenvalue weighted by atomic mass is 19.4. The summed E-state index contributed by atoms with van der Waals surface area (Å²) < 4.78 is 40.0. The highest BCUT2D eigenvalue weighted by molar-refractivity contribution is 5.81. The maximum absolute atomic E-state index is 13.3. The van der Waals surface area contributed by atoms with E-state index in [0.29, 0.717) is 6.42 Å². The van der Waals surface area contributed by atoms with Crippen LogP contribution in [0, 0.1) is 0 Å². The number of carboxylic acid groups (broad SMARTS) is 3. The Morgan fingerprint density at radius 2 is 1.00 bits per heavy atom. The molecule has 0 aromatic heterocycles. The number of hydrogen-bond acceptors (Lipinski definition) is 8. The van der Waals surface area contributed by atoms with Gasteiger partial charge in [0, 0.05) is 58.1 Å². The van der Waals surface area contributed by atoms with E-state index in [2.05, 4.69) is 5.32 Å². The predicted octanol–water partition coefficient (Wildman–Crippen LogP) is -0.256. The minimum Gasteiger partial charge on any atom is -0.480 e. The van der Waals surface area contributed by atoms with Gasteiger partial charge in [0.25, 0.3) is 0 Å². The molecule has 1 aliphatic heterocycles. The molecule has 1 amide bonds. The molecule has 0 aromatic rings. The molecule has 214 valence electrons. The third kappa shape index (κ3) is 11.6. The molecular weight excluding hydrogens is 515 g/mol. The van der Waals surface area contributed by atoms with Crippen molar-refractivity contribution in [3.63, 3.8) is 0 Å². The molecule has 0 saturated carbocycles. The molecule has 0 spiro atoms. The van der Waals surface area contributed by atoms with E-state index in [1.807, 2.05) is 0 Å². The normalized spacial score (nSPS) is 20.0. The second-order valence-corrected chi connectivity index (χ2v) is 9.14. The smallest absolute Gasteiger partial charge is 0.418 e. The number of carboxylic acids is 3. The Balaban J connectivity index is 2.15. The van der Waals surface area contributed by atoms with Gasteiger partial charge in [0.2, 0.25) is 5.91 Å². The Kier molecular flexibility index (Phi) is 12.2. The first-order valence-electron chi connectivity index (χ1n) is 12.2. The van der Waals surface area contributed by atoms with Crippen molar-refractivity contribution in [2.75, 3.05) is 78.5 Å². The van der Waals surface area contributed by atoms with Crippen molar-refractivity contribution in [2.45, 2.75) is 19.0 Å². The van der Waals surface area contributed by atoms with Gasteiger partial charge in [0.05, 0.1) is 31.8 Å². The molecule has 4 N–H and O–H groups in total. The Hall–Kier alpha value is -3.01. The fourth-order valence-electron chi connectivity index (χ4n) is 4.24. The monoisotopic (exact) mass is 549 g/mol. The first-order valence-corrected chi connectivity index (χ1v) is 12.2. The van der Waals surface area contributed by atoms with Gasteiger partial charge in [0.15, 0.2) is 0 Å². The fraction of sp³-hybridized carbons (Fsp3) is 0.652. The van der Waals surface area contributed by atoms with Gasteiger partial charge in [-0.25, -0.2) is 0 Å². The van der Waals surface area contributed by atoms with Crippen LogP contribution >= 0.6 is 0 Å². The molecule has 15 heteroatoms. The van der Waals surface area contributed by atoms with Crippen molar-refractivity contribution in [3.05, 3.63) is 23.4 Å².